The Hall–Kier alpha value is -0.430. The van der Waals surface area contributed by atoms with E-state index in [2.05, 4.69) is 10.0 Å². The highest BCUT2D eigenvalue weighted by Gasteiger charge is 2.10. The van der Waals surface area contributed by atoms with Gasteiger partial charge in [0.2, 0.25) is 10.0 Å². The fourth-order valence-corrected chi connectivity index (χ4v) is 2.98. The smallest absolute Gasteiger partial charge is 0.217 e. The molecule has 0 atom stereocenters. The first-order chi connectivity index (χ1) is 6.14. The van der Waals surface area contributed by atoms with Crippen molar-refractivity contribution in [3.63, 3.8) is 0 Å². The molecule has 1 heterocycles. The summed E-state index contributed by atoms with van der Waals surface area (Å²) >= 11 is 1.44. The summed E-state index contributed by atoms with van der Waals surface area (Å²) in [5.74, 6) is 0.0619. The van der Waals surface area contributed by atoms with Gasteiger partial charge in [-0.05, 0) is 18.5 Å². The van der Waals surface area contributed by atoms with Crippen LogP contribution in [0.1, 0.15) is 4.88 Å². The Morgan fingerprint density at radius 3 is 2.85 bits per heavy atom. The predicted octanol–water partition coefficient (Wildman–Crippen LogP) is 0.344. The molecule has 0 saturated carbocycles. The second-order valence-corrected chi connectivity index (χ2v) is 5.35. The summed E-state index contributed by atoms with van der Waals surface area (Å²) in [6.45, 7) is 0.272. The standard InChI is InChI=1S/C7H12N2O2S2/c1-8-6-9-13(10,11)5-7-3-2-4-12-7/h2-4,8-9H,5-6H2,1H3. The van der Waals surface area contributed by atoms with E-state index in [1.54, 1.807) is 7.05 Å². The molecule has 0 aliphatic heterocycles. The number of thiophene rings is 1. The van der Waals surface area contributed by atoms with E-state index in [4.69, 9.17) is 0 Å². The molecule has 1 aromatic rings. The second-order valence-electron chi connectivity index (χ2n) is 2.51. The SMILES string of the molecule is CNCNS(=O)(=O)Cc1cccs1. The minimum absolute atomic E-state index is 0.0619. The van der Waals surface area contributed by atoms with Crippen molar-refractivity contribution in [2.75, 3.05) is 13.7 Å². The van der Waals surface area contributed by atoms with Crippen LogP contribution in [0.2, 0.25) is 0 Å². The zero-order valence-corrected chi connectivity index (χ0v) is 8.91. The normalized spacial score (nSPS) is 11.8. The predicted molar refractivity (Wildman–Crippen MR) is 54.0 cm³/mol. The lowest BCUT2D eigenvalue weighted by Gasteiger charge is -2.03. The summed E-state index contributed by atoms with van der Waals surface area (Å²) < 4.78 is 25.0. The summed E-state index contributed by atoms with van der Waals surface area (Å²) in [7, 11) is -1.48. The highest BCUT2D eigenvalue weighted by Crippen LogP contribution is 2.11. The zero-order valence-electron chi connectivity index (χ0n) is 7.28. The maximum atomic E-state index is 11.3. The summed E-state index contributed by atoms with van der Waals surface area (Å²) in [6, 6.07) is 3.65. The van der Waals surface area contributed by atoms with Crippen LogP contribution in [-0.2, 0) is 15.8 Å². The molecule has 0 aliphatic rings. The maximum Gasteiger partial charge on any atom is 0.217 e. The van der Waals surface area contributed by atoms with E-state index in [9.17, 15) is 8.42 Å². The zero-order chi connectivity index (χ0) is 9.73. The van der Waals surface area contributed by atoms with Crippen molar-refractivity contribution in [1.82, 2.24) is 10.0 Å². The average molecular weight is 220 g/mol. The molecule has 0 fully saturated rings. The van der Waals surface area contributed by atoms with Gasteiger partial charge >= 0.3 is 0 Å². The van der Waals surface area contributed by atoms with E-state index < -0.39 is 10.0 Å². The molecule has 0 aromatic carbocycles. The molecule has 2 N–H and O–H groups in total. The molecule has 0 saturated heterocycles. The topological polar surface area (TPSA) is 58.2 Å². The van der Waals surface area contributed by atoms with Crippen molar-refractivity contribution in [2.45, 2.75) is 5.75 Å². The van der Waals surface area contributed by atoms with Crippen molar-refractivity contribution in [1.29, 1.82) is 0 Å². The Kier molecular flexibility index (Phi) is 3.86. The van der Waals surface area contributed by atoms with Gasteiger partial charge in [-0.15, -0.1) is 11.3 Å². The molecule has 0 spiro atoms. The van der Waals surface area contributed by atoms with E-state index in [1.807, 2.05) is 17.5 Å². The molecule has 0 aliphatic carbocycles. The minimum atomic E-state index is -3.17. The van der Waals surface area contributed by atoms with Crippen LogP contribution < -0.4 is 10.0 Å². The van der Waals surface area contributed by atoms with Gasteiger partial charge in [-0.2, -0.15) is 0 Å². The lowest BCUT2D eigenvalue weighted by atomic mass is 10.5. The maximum absolute atomic E-state index is 11.3. The fraction of sp³-hybridized carbons (Fsp3) is 0.429. The first-order valence-electron chi connectivity index (χ1n) is 3.78. The van der Waals surface area contributed by atoms with Crippen molar-refractivity contribution in [2.24, 2.45) is 0 Å². The van der Waals surface area contributed by atoms with E-state index in [0.717, 1.165) is 4.88 Å². The van der Waals surface area contributed by atoms with E-state index in [1.165, 1.54) is 11.3 Å². The van der Waals surface area contributed by atoms with Gasteiger partial charge in [0.05, 0.1) is 12.4 Å². The van der Waals surface area contributed by atoms with Crippen LogP contribution in [0.5, 0.6) is 0 Å². The summed E-state index contributed by atoms with van der Waals surface area (Å²) in [5.41, 5.74) is 0. The summed E-state index contributed by atoms with van der Waals surface area (Å²) in [4.78, 5) is 0.851. The average Bonchev–Trinajstić information content (AvgIpc) is 2.52. The number of sulfonamides is 1. The van der Waals surface area contributed by atoms with Gasteiger partial charge in [0.1, 0.15) is 0 Å². The van der Waals surface area contributed by atoms with Crippen molar-refractivity contribution < 1.29 is 8.42 Å². The van der Waals surface area contributed by atoms with Crippen LogP contribution in [0, 0.1) is 0 Å². The number of hydrogen-bond acceptors (Lipinski definition) is 4. The Bertz CT molecular complexity index is 331. The van der Waals surface area contributed by atoms with Crippen LogP contribution in [0.3, 0.4) is 0 Å². The van der Waals surface area contributed by atoms with Gasteiger partial charge in [0, 0.05) is 4.88 Å². The molecule has 4 nitrogen and oxygen atoms in total. The molecule has 74 valence electrons. The van der Waals surface area contributed by atoms with Crippen molar-refractivity contribution in [3.05, 3.63) is 22.4 Å². The third kappa shape index (κ3) is 3.86. The van der Waals surface area contributed by atoms with Crippen LogP contribution >= 0.6 is 11.3 Å². The molecule has 0 amide bonds. The van der Waals surface area contributed by atoms with Gasteiger partial charge in [-0.3, -0.25) is 0 Å². The van der Waals surface area contributed by atoms with Gasteiger partial charge in [-0.25, -0.2) is 13.1 Å². The van der Waals surface area contributed by atoms with Gasteiger partial charge in [0.15, 0.2) is 0 Å². The van der Waals surface area contributed by atoms with Crippen molar-refractivity contribution >= 4 is 21.4 Å². The van der Waals surface area contributed by atoms with Gasteiger partial charge in [-0.1, -0.05) is 6.07 Å². The molecular weight excluding hydrogens is 208 g/mol. The highest BCUT2D eigenvalue weighted by atomic mass is 32.2. The van der Waals surface area contributed by atoms with Crippen LogP contribution in [0.15, 0.2) is 17.5 Å². The third-order valence-electron chi connectivity index (χ3n) is 1.38. The van der Waals surface area contributed by atoms with Crippen molar-refractivity contribution in [3.8, 4) is 0 Å². The molecule has 6 heteroatoms. The molecule has 0 bridgehead atoms. The minimum Gasteiger partial charge on any atom is -0.307 e. The Balaban J connectivity index is 2.53. The van der Waals surface area contributed by atoms with E-state index >= 15 is 0 Å². The largest absolute Gasteiger partial charge is 0.307 e. The molecule has 1 rings (SSSR count). The number of rotatable bonds is 5. The first kappa shape index (κ1) is 10.6. The summed E-state index contributed by atoms with van der Waals surface area (Å²) in [5, 5.41) is 4.58. The monoisotopic (exact) mass is 220 g/mol. The second kappa shape index (κ2) is 4.71. The molecule has 13 heavy (non-hydrogen) atoms. The summed E-state index contributed by atoms with van der Waals surface area (Å²) in [6.07, 6.45) is 0. The Morgan fingerprint density at radius 1 is 1.54 bits per heavy atom. The fourth-order valence-electron chi connectivity index (χ4n) is 0.815. The number of hydrogen-bond donors (Lipinski definition) is 2. The highest BCUT2D eigenvalue weighted by molar-refractivity contribution is 7.88. The lowest BCUT2D eigenvalue weighted by molar-refractivity contribution is 0.576. The number of nitrogens with one attached hydrogen (secondary N) is 2. The third-order valence-corrected chi connectivity index (χ3v) is 3.72. The first-order valence-corrected chi connectivity index (χ1v) is 6.31. The van der Waals surface area contributed by atoms with Gasteiger partial charge < -0.3 is 5.32 Å². The molecule has 0 radical (unpaired) electrons. The molecule has 0 unspecified atom stereocenters. The van der Waals surface area contributed by atoms with Gasteiger partial charge in [0.25, 0.3) is 0 Å². The van der Waals surface area contributed by atoms with Crippen LogP contribution in [0.25, 0.3) is 0 Å². The van der Waals surface area contributed by atoms with E-state index in [0.29, 0.717) is 0 Å². The van der Waals surface area contributed by atoms with Crippen LogP contribution in [-0.4, -0.2) is 22.1 Å². The molecule has 1 aromatic heterocycles. The van der Waals surface area contributed by atoms with E-state index in [-0.39, 0.29) is 12.4 Å². The Morgan fingerprint density at radius 2 is 2.31 bits per heavy atom. The van der Waals surface area contributed by atoms with Crippen LogP contribution in [0.4, 0.5) is 0 Å². The lowest BCUT2D eigenvalue weighted by Crippen LogP contribution is -2.32. The molecular formula is C7H12N2O2S2. The quantitative estimate of drug-likeness (QED) is 0.704. The Labute approximate surface area is 82.0 Å².